The van der Waals surface area contributed by atoms with Crippen LogP contribution in [0.4, 0.5) is 11.9 Å². The molecule has 2 aromatic rings. The van der Waals surface area contributed by atoms with Gasteiger partial charge in [0.15, 0.2) is 0 Å². The minimum Gasteiger partial charge on any atom is -0.396 e. The van der Waals surface area contributed by atoms with E-state index in [1.165, 1.54) is 0 Å². The van der Waals surface area contributed by atoms with E-state index < -0.39 is 0 Å². The lowest BCUT2D eigenvalue weighted by Gasteiger charge is -2.25. The van der Waals surface area contributed by atoms with Crippen molar-refractivity contribution in [1.82, 2.24) is 24.5 Å². The van der Waals surface area contributed by atoms with Gasteiger partial charge in [-0.25, -0.2) is 4.98 Å². The number of aliphatic hydroxyl groups excluding tert-OH is 1. The molecule has 0 saturated carbocycles. The number of rotatable bonds is 7. The van der Waals surface area contributed by atoms with E-state index in [4.69, 9.17) is 5.11 Å². The summed E-state index contributed by atoms with van der Waals surface area (Å²) in [6, 6.07) is 0. The Labute approximate surface area is 123 Å². The van der Waals surface area contributed by atoms with Gasteiger partial charge in [0.1, 0.15) is 6.33 Å². The molecule has 21 heavy (non-hydrogen) atoms. The molecule has 0 bridgehead atoms. The molecule has 0 amide bonds. The van der Waals surface area contributed by atoms with E-state index in [-0.39, 0.29) is 12.1 Å². The highest BCUT2D eigenvalue weighted by molar-refractivity contribution is 5.39. The van der Waals surface area contributed by atoms with E-state index in [0.717, 1.165) is 0 Å². The summed E-state index contributed by atoms with van der Waals surface area (Å²) < 4.78 is 1.72. The van der Waals surface area contributed by atoms with Gasteiger partial charge >= 0.3 is 0 Å². The number of aliphatic hydroxyl groups is 1. The van der Waals surface area contributed by atoms with Crippen LogP contribution in [0.1, 0.15) is 27.2 Å². The maximum atomic E-state index is 9.11. The first-order valence-corrected chi connectivity index (χ1v) is 6.91. The molecule has 2 aromatic heterocycles. The second-order valence-corrected chi connectivity index (χ2v) is 5.27. The number of imidazole rings is 1. The van der Waals surface area contributed by atoms with E-state index in [9.17, 15) is 0 Å². The molecule has 2 rings (SSSR count). The lowest BCUT2D eigenvalue weighted by atomic mass is 10.0. The molecule has 3 N–H and O–H groups in total. The molecule has 0 spiro atoms. The quantitative estimate of drug-likeness (QED) is 0.701. The van der Waals surface area contributed by atoms with Gasteiger partial charge in [-0.1, -0.05) is 0 Å². The Bertz CT molecular complexity index is 568. The van der Waals surface area contributed by atoms with Crippen molar-refractivity contribution in [3.8, 4) is 5.95 Å². The van der Waals surface area contributed by atoms with Crippen molar-refractivity contribution in [1.29, 1.82) is 0 Å². The van der Waals surface area contributed by atoms with Crippen LogP contribution in [0.25, 0.3) is 5.95 Å². The van der Waals surface area contributed by atoms with Crippen LogP contribution in [-0.4, -0.2) is 48.3 Å². The van der Waals surface area contributed by atoms with Crippen LogP contribution in [0.3, 0.4) is 0 Å². The third kappa shape index (κ3) is 4.12. The molecule has 0 aliphatic heterocycles. The van der Waals surface area contributed by atoms with Crippen LogP contribution in [-0.2, 0) is 0 Å². The fraction of sp³-hybridized carbons (Fsp3) is 0.538. The van der Waals surface area contributed by atoms with E-state index in [0.29, 0.717) is 30.8 Å². The molecule has 0 atom stereocenters. The highest BCUT2D eigenvalue weighted by Crippen LogP contribution is 2.16. The van der Waals surface area contributed by atoms with E-state index in [2.05, 4.69) is 30.6 Å². The van der Waals surface area contributed by atoms with Crippen LogP contribution in [0.2, 0.25) is 0 Å². The zero-order valence-corrected chi connectivity index (χ0v) is 12.5. The lowest BCUT2D eigenvalue weighted by molar-refractivity contribution is 0.260. The molecule has 0 unspecified atom stereocenters. The third-order valence-electron chi connectivity index (χ3n) is 2.88. The van der Waals surface area contributed by atoms with Gasteiger partial charge in [0.2, 0.25) is 17.8 Å². The Kier molecular flexibility index (Phi) is 4.69. The minimum atomic E-state index is -0.314. The highest BCUT2D eigenvalue weighted by atomic mass is 16.3. The number of hydrogen-bond acceptors (Lipinski definition) is 7. The van der Waals surface area contributed by atoms with Gasteiger partial charge < -0.3 is 15.7 Å². The van der Waals surface area contributed by atoms with Crippen LogP contribution >= 0.6 is 0 Å². The molecule has 2 heterocycles. The fourth-order valence-electron chi connectivity index (χ4n) is 1.80. The Balaban J connectivity index is 2.32. The molecule has 0 aliphatic rings. The van der Waals surface area contributed by atoms with Gasteiger partial charge in [0.25, 0.3) is 0 Å². The van der Waals surface area contributed by atoms with Crippen molar-refractivity contribution in [3.05, 3.63) is 18.7 Å². The number of hydrogen-bond donors (Lipinski definition) is 3. The fourth-order valence-corrected chi connectivity index (χ4v) is 1.80. The van der Waals surface area contributed by atoms with Gasteiger partial charge in [-0.3, -0.25) is 4.57 Å². The Morgan fingerprint density at radius 1 is 1.24 bits per heavy atom. The molecule has 0 radical (unpaired) electrons. The second-order valence-electron chi connectivity index (χ2n) is 5.27. The zero-order chi connectivity index (χ0) is 15.3. The number of anilines is 2. The highest BCUT2D eigenvalue weighted by Gasteiger charge is 2.19. The summed E-state index contributed by atoms with van der Waals surface area (Å²) in [6.45, 7) is 6.75. The predicted octanol–water partition coefficient (Wildman–Crippen LogP) is 1.06. The van der Waals surface area contributed by atoms with Crippen molar-refractivity contribution in [2.24, 2.45) is 0 Å². The third-order valence-corrected chi connectivity index (χ3v) is 2.88. The molecule has 8 nitrogen and oxygen atoms in total. The Morgan fingerprint density at radius 3 is 2.62 bits per heavy atom. The van der Waals surface area contributed by atoms with E-state index in [1.807, 2.05) is 20.8 Å². The summed E-state index contributed by atoms with van der Waals surface area (Å²) in [7, 11) is 0. The summed E-state index contributed by atoms with van der Waals surface area (Å²) >= 11 is 0. The molecule has 0 aromatic carbocycles. The molecule has 0 saturated heterocycles. The average Bonchev–Trinajstić information content (AvgIpc) is 2.91. The Hall–Kier alpha value is -2.22. The number of nitrogens with one attached hydrogen (secondary N) is 2. The molecular weight excluding hydrogens is 270 g/mol. The van der Waals surface area contributed by atoms with Gasteiger partial charge in [0.05, 0.1) is 0 Å². The second kappa shape index (κ2) is 6.49. The monoisotopic (exact) mass is 291 g/mol. The van der Waals surface area contributed by atoms with Crippen LogP contribution in [0.5, 0.6) is 0 Å². The Morgan fingerprint density at radius 2 is 2.00 bits per heavy atom. The first kappa shape index (κ1) is 15.2. The van der Waals surface area contributed by atoms with Crippen molar-refractivity contribution < 1.29 is 5.11 Å². The molecular formula is C13H21N7O. The zero-order valence-electron chi connectivity index (χ0n) is 12.5. The topological polar surface area (TPSA) is 101 Å². The minimum absolute atomic E-state index is 0.0968. The van der Waals surface area contributed by atoms with Crippen LogP contribution in [0, 0.1) is 0 Å². The number of nitrogens with zero attached hydrogens (tertiary/aromatic N) is 5. The summed E-state index contributed by atoms with van der Waals surface area (Å²) in [5.41, 5.74) is -0.314. The van der Waals surface area contributed by atoms with Gasteiger partial charge in [-0.2, -0.15) is 15.0 Å². The first-order chi connectivity index (χ1) is 10.0. The lowest BCUT2D eigenvalue weighted by Crippen LogP contribution is -2.33. The molecule has 0 aliphatic carbocycles. The number of aromatic nitrogens is 5. The molecule has 114 valence electrons. The van der Waals surface area contributed by atoms with Crippen LogP contribution in [0.15, 0.2) is 18.7 Å². The normalized spacial score (nSPS) is 11.4. The smallest absolute Gasteiger partial charge is 0.241 e. The summed E-state index contributed by atoms with van der Waals surface area (Å²) in [6.07, 6.45) is 5.66. The van der Waals surface area contributed by atoms with Crippen LogP contribution < -0.4 is 10.6 Å². The maximum Gasteiger partial charge on any atom is 0.241 e. The van der Waals surface area contributed by atoms with Crippen molar-refractivity contribution in [2.75, 3.05) is 23.8 Å². The van der Waals surface area contributed by atoms with Gasteiger partial charge in [0, 0.05) is 31.1 Å². The molecule has 8 heteroatoms. The predicted molar refractivity (Wildman–Crippen MR) is 80.5 cm³/mol. The van der Waals surface area contributed by atoms with Gasteiger partial charge in [-0.05, 0) is 27.2 Å². The van der Waals surface area contributed by atoms with E-state index >= 15 is 0 Å². The first-order valence-electron chi connectivity index (χ1n) is 6.91. The van der Waals surface area contributed by atoms with Gasteiger partial charge in [-0.15, -0.1) is 0 Å². The van der Waals surface area contributed by atoms with Crippen molar-refractivity contribution in [3.63, 3.8) is 0 Å². The average molecular weight is 291 g/mol. The van der Waals surface area contributed by atoms with E-state index in [1.54, 1.807) is 23.3 Å². The summed E-state index contributed by atoms with van der Waals surface area (Å²) in [4.78, 5) is 17.1. The summed E-state index contributed by atoms with van der Waals surface area (Å²) in [5.74, 6) is 1.45. The molecule has 0 fully saturated rings. The summed E-state index contributed by atoms with van der Waals surface area (Å²) in [5, 5.41) is 15.4. The van der Waals surface area contributed by atoms with Crippen molar-refractivity contribution >= 4 is 11.9 Å². The SMILES string of the molecule is CCNc1nc(NC(C)(C)CCO)nc(-n2ccnc2)n1. The standard InChI is InChI=1S/C13H21N7O/c1-4-15-10-16-11(19-13(2,3)5-8-21)18-12(17-10)20-7-6-14-9-20/h6-7,9,21H,4-5,8H2,1-3H3,(H2,15,16,17,18,19). The maximum absolute atomic E-state index is 9.11. The largest absolute Gasteiger partial charge is 0.396 e. The van der Waals surface area contributed by atoms with Crippen molar-refractivity contribution in [2.45, 2.75) is 32.7 Å².